The molecule has 2 aromatic carbocycles. The normalized spacial score (nSPS) is 11.2. The highest BCUT2D eigenvalue weighted by atomic mass is 16.5. The largest absolute Gasteiger partial charge is 0.490 e. The summed E-state index contributed by atoms with van der Waals surface area (Å²) in [6, 6.07) is 12.4. The lowest BCUT2D eigenvalue weighted by atomic mass is 10.1. The zero-order chi connectivity index (χ0) is 21.9. The molecule has 0 unspecified atom stereocenters. The number of ether oxygens (including phenoxy) is 3. The second kappa shape index (κ2) is 11.5. The van der Waals surface area contributed by atoms with Crippen molar-refractivity contribution >= 4 is 17.9 Å². The molecule has 0 fully saturated rings. The van der Waals surface area contributed by atoms with Gasteiger partial charge in [0.2, 0.25) is 6.10 Å². The van der Waals surface area contributed by atoms with E-state index < -0.39 is 24.0 Å². The fourth-order valence-corrected chi connectivity index (χ4v) is 2.64. The van der Waals surface area contributed by atoms with Gasteiger partial charge in [-0.2, -0.15) is 0 Å². The number of nitrogens with one attached hydrogen (secondary N) is 2. The number of rotatable bonds is 9. The van der Waals surface area contributed by atoms with Gasteiger partial charge in [0, 0.05) is 12.1 Å². The maximum atomic E-state index is 12.8. The standard InChI is InChI=1S/C22H26N2O6/c1-4-23-22(27)24-20(25)19(15-10-8-7-9-11-15)30-21(26)16-12-13-17(28-5-2)18(14-16)29-6-3/h7-14,19H,4-6H2,1-3H3,(H2,23,24,25,27)/t19-/m0/s1. The van der Waals surface area contributed by atoms with Crippen molar-refractivity contribution in [2.24, 2.45) is 0 Å². The lowest BCUT2D eigenvalue weighted by Crippen LogP contribution is -2.42. The molecule has 3 amide bonds. The minimum atomic E-state index is -1.30. The zero-order valence-corrected chi connectivity index (χ0v) is 17.3. The summed E-state index contributed by atoms with van der Waals surface area (Å²) in [5.74, 6) is -0.586. The second-order valence-corrected chi connectivity index (χ2v) is 6.07. The first-order chi connectivity index (χ1) is 14.5. The van der Waals surface area contributed by atoms with Gasteiger partial charge in [-0.3, -0.25) is 10.1 Å². The molecule has 8 heteroatoms. The Morgan fingerprint density at radius 1 is 0.900 bits per heavy atom. The third-order valence-corrected chi connectivity index (χ3v) is 3.92. The molecule has 0 aromatic heterocycles. The molecule has 0 aliphatic heterocycles. The number of carbonyl (C=O) groups is 3. The average molecular weight is 414 g/mol. The van der Waals surface area contributed by atoms with Crippen LogP contribution in [0.2, 0.25) is 0 Å². The molecular formula is C22H26N2O6. The fraction of sp³-hybridized carbons (Fsp3) is 0.318. The Labute approximate surface area is 175 Å². The summed E-state index contributed by atoms with van der Waals surface area (Å²) in [6.07, 6.45) is -1.30. The molecular weight excluding hydrogens is 388 g/mol. The first kappa shape index (κ1) is 22.7. The molecule has 0 bridgehead atoms. The van der Waals surface area contributed by atoms with E-state index in [-0.39, 0.29) is 5.56 Å². The number of urea groups is 1. The summed E-state index contributed by atoms with van der Waals surface area (Å²) >= 11 is 0. The predicted molar refractivity (Wildman–Crippen MR) is 111 cm³/mol. The van der Waals surface area contributed by atoms with Crippen LogP contribution >= 0.6 is 0 Å². The van der Waals surface area contributed by atoms with Crippen LogP contribution in [0.4, 0.5) is 4.79 Å². The van der Waals surface area contributed by atoms with Crippen molar-refractivity contribution in [2.45, 2.75) is 26.9 Å². The molecule has 0 spiro atoms. The minimum absolute atomic E-state index is 0.189. The smallest absolute Gasteiger partial charge is 0.339 e. The van der Waals surface area contributed by atoms with E-state index in [1.54, 1.807) is 43.3 Å². The van der Waals surface area contributed by atoms with Crippen LogP contribution in [0.25, 0.3) is 0 Å². The van der Waals surface area contributed by atoms with Gasteiger partial charge < -0.3 is 19.5 Å². The first-order valence-electron chi connectivity index (χ1n) is 9.74. The molecule has 0 radical (unpaired) electrons. The topological polar surface area (TPSA) is 103 Å². The van der Waals surface area contributed by atoms with Gasteiger partial charge in [-0.15, -0.1) is 0 Å². The molecule has 0 saturated heterocycles. The van der Waals surface area contributed by atoms with Crippen molar-refractivity contribution in [3.63, 3.8) is 0 Å². The summed E-state index contributed by atoms with van der Waals surface area (Å²) < 4.78 is 16.5. The van der Waals surface area contributed by atoms with E-state index in [0.29, 0.717) is 36.8 Å². The van der Waals surface area contributed by atoms with Crippen molar-refractivity contribution < 1.29 is 28.6 Å². The molecule has 0 aliphatic carbocycles. The maximum absolute atomic E-state index is 12.8. The fourth-order valence-electron chi connectivity index (χ4n) is 2.64. The number of benzene rings is 2. The highest BCUT2D eigenvalue weighted by Gasteiger charge is 2.27. The first-order valence-corrected chi connectivity index (χ1v) is 9.74. The highest BCUT2D eigenvalue weighted by Crippen LogP contribution is 2.29. The number of hydrogen-bond acceptors (Lipinski definition) is 6. The van der Waals surface area contributed by atoms with Crippen LogP contribution < -0.4 is 20.1 Å². The number of imide groups is 1. The van der Waals surface area contributed by atoms with Gasteiger partial charge in [-0.05, 0) is 39.0 Å². The van der Waals surface area contributed by atoms with Crippen LogP contribution in [0.1, 0.15) is 42.8 Å². The molecule has 0 heterocycles. The average Bonchev–Trinajstić information content (AvgIpc) is 2.74. The Morgan fingerprint density at radius 2 is 1.57 bits per heavy atom. The molecule has 2 aromatic rings. The molecule has 8 nitrogen and oxygen atoms in total. The van der Waals surface area contributed by atoms with E-state index in [1.807, 2.05) is 13.8 Å². The monoisotopic (exact) mass is 414 g/mol. The Hall–Kier alpha value is -3.55. The SMILES string of the molecule is CCNC(=O)NC(=O)[C@@H](OC(=O)c1ccc(OCC)c(OCC)c1)c1ccccc1. The molecule has 2 rings (SSSR count). The molecule has 1 atom stereocenters. The number of hydrogen-bond donors (Lipinski definition) is 2. The van der Waals surface area contributed by atoms with E-state index in [1.165, 1.54) is 12.1 Å². The van der Waals surface area contributed by atoms with Crippen molar-refractivity contribution in [3.05, 3.63) is 59.7 Å². The van der Waals surface area contributed by atoms with Crippen molar-refractivity contribution in [1.82, 2.24) is 10.6 Å². The summed E-state index contributed by atoms with van der Waals surface area (Å²) in [6.45, 7) is 6.57. The van der Waals surface area contributed by atoms with Gasteiger partial charge in [-0.1, -0.05) is 30.3 Å². The maximum Gasteiger partial charge on any atom is 0.339 e. The van der Waals surface area contributed by atoms with E-state index in [4.69, 9.17) is 14.2 Å². The van der Waals surface area contributed by atoms with Gasteiger partial charge >= 0.3 is 12.0 Å². The highest BCUT2D eigenvalue weighted by molar-refractivity contribution is 5.99. The van der Waals surface area contributed by atoms with Crippen LogP contribution in [-0.2, 0) is 9.53 Å². The van der Waals surface area contributed by atoms with Crippen molar-refractivity contribution in [3.8, 4) is 11.5 Å². The van der Waals surface area contributed by atoms with Crippen molar-refractivity contribution in [1.29, 1.82) is 0 Å². The van der Waals surface area contributed by atoms with Gasteiger partial charge in [0.05, 0.1) is 18.8 Å². The van der Waals surface area contributed by atoms with Crippen molar-refractivity contribution in [2.75, 3.05) is 19.8 Å². The van der Waals surface area contributed by atoms with Gasteiger partial charge in [0.15, 0.2) is 11.5 Å². The van der Waals surface area contributed by atoms with E-state index in [9.17, 15) is 14.4 Å². The third-order valence-electron chi connectivity index (χ3n) is 3.92. The Morgan fingerprint density at radius 3 is 2.20 bits per heavy atom. The zero-order valence-electron chi connectivity index (χ0n) is 17.3. The molecule has 160 valence electrons. The van der Waals surface area contributed by atoms with Crippen LogP contribution in [0.5, 0.6) is 11.5 Å². The van der Waals surface area contributed by atoms with Gasteiger partial charge in [0.25, 0.3) is 5.91 Å². The van der Waals surface area contributed by atoms with E-state index in [2.05, 4.69) is 10.6 Å². The van der Waals surface area contributed by atoms with E-state index in [0.717, 1.165) is 0 Å². The van der Waals surface area contributed by atoms with Gasteiger partial charge in [-0.25, -0.2) is 9.59 Å². The molecule has 0 saturated carbocycles. The predicted octanol–water partition coefficient (Wildman–Crippen LogP) is 3.23. The molecule has 2 N–H and O–H groups in total. The number of esters is 1. The second-order valence-electron chi connectivity index (χ2n) is 6.07. The summed E-state index contributed by atoms with van der Waals surface area (Å²) in [5.41, 5.74) is 0.622. The Bertz CT molecular complexity index is 869. The summed E-state index contributed by atoms with van der Waals surface area (Å²) in [4.78, 5) is 37.1. The number of carbonyl (C=O) groups excluding carboxylic acids is 3. The van der Waals surface area contributed by atoms with Crippen LogP contribution in [0.15, 0.2) is 48.5 Å². The Balaban J connectivity index is 2.26. The molecule has 30 heavy (non-hydrogen) atoms. The van der Waals surface area contributed by atoms with Gasteiger partial charge in [0.1, 0.15) is 0 Å². The third kappa shape index (κ3) is 6.23. The lowest BCUT2D eigenvalue weighted by Gasteiger charge is -2.18. The Kier molecular flexibility index (Phi) is 8.68. The van der Waals surface area contributed by atoms with E-state index >= 15 is 0 Å². The summed E-state index contributed by atoms with van der Waals surface area (Å²) in [7, 11) is 0. The van der Waals surface area contributed by atoms with Crippen LogP contribution in [0, 0.1) is 0 Å². The van der Waals surface area contributed by atoms with Crippen LogP contribution in [0.3, 0.4) is 0 Å². The number of amides is 3. The molecule has 0 aliphatic rings. The summed E-state index contributed by atoms with van der Waals surface area (Å²) in [5, 5.41) is 4.65. The minimum Gasteiger partial charge on any atom is -0.490 e. The lowest BCUT2D eigenvalue weighted by molar-refractivity contribution is -0.129. The van der Waals surface area contributed by atoms with Crippen LogP contribution in [-0.4, -0.2) is 37.7 Å². The quantitative estimate of drug-likeness (QED) is 0.611.